The average Bonchev–Trinajstić information content (AvgIpc) is 2.53. The number of aliphatic imine (C=N–C) groups is 1. The van der Waals surface area contributed by atoms with Crippen molar-refractivity contribution in [3.63, 3.8) is 0 Å². The smallest absolute Gasteiger partial charge is 0.216 e. The zero-order chi connectivity index (χ0) is 17.2. The molecule has 1 amide bonds. The number of alkyl halides is 1. The van der Waals surface area contributed by atoms with E-state index in [1.54, 1.807) is 13.2 Å². The number of rotatable bonds is 9. The van der Waals surface area contributed by atoms with Gasteiger partial charge in [-0.1, -0.05) is 13.3 Å². The van der Waals surface area contributed by atoms with Crippen molar-refractivity contribution < 1.29 is 14.3 Å². The van der Waals surface area contributed by atoms with Crippen LogP contribution in [0.4, 0.5) is 5.69 Å². The molecule has 0 aliphatic rings. The quantitative estimate of drug-likeness (QED) is 0.312. The van der Waals surface area contributed by atoms with Gasteiger partial charge in [-0.05, 0) is 18.1 Å². The maximum atomic E-state index is 10.9. The highest BCUT2D eigenvalue weighted by atomic mass is 35.5. The summed E-state index contributed by atoms with van der Waals surface area (Å²) in [7, 11) is 1.59. The van der Waals surface area contributed by atoms with Crippen molar-refractivity contribution in [3.8, 4) is 11.5 Å². The molecule has 1 aromatic rings. The minimum Gasteiger partial charge on any atom is -0.493 e. The molecule has 0 heterocycles. The Morgan fingerprint density at radius 3 is 2.70 bits per heavy atom. The van der Waals surface area contributed by atoms with Crippen LogP contribution in [0.15, 0.2) is 17.1 Å². The molecule has 0 unspecified atom stereocenters. The number of nitrogens with one attached hydrogen (secondary N) is 1. The van der Waals surface area contributed by atoms with Gasteiger partial charge in [-0.15, -0.1) is 11.6 Å². The fourth-order valence-electron chi connectivity index (χ4n) is 2.01. The van der Waals surface area contributed by atoms with E-state index in [4.69, 9.17) is 26.8 Å². The third-order valence-electron chi connectivity index (χ3n) is 3.02. The van der Waals surface area contributed by atoms with Crippen molar-refractivity contribution in [2.45, 2.75) is 26.7 Å². The average molecular weight is 342 g/mol. The maximum Gasteiger partial charge on any atom is 0.216 e. The van der Waals surface area contributed by atoms with Crippen molar-refractivity contribution in [2.24, 2.45) is 10.7 Å². The molecule has 0 aliphatic carbocycles. The van der Waals surface area contributed by atoms with Gasteiger partial charge in [0.25, 0.3) is 0 Å². The van der Waals surface area contributed by atoms with Gasteiger partial charge in [-0.3, -0.25) is 4.79 Å². The van der Waals surface area contributed by atoms with E-state index in [1.165, 1.54) is 6.92 Å². The lowest BCUT2D eigenvalue weighted by molar-refractivity contribution is -0.119. The van der Waals surface area contributed by atoms with Crippen molar-refractivity contribution in [2.75, 3.05) is 26.1 Å². The van der Waals surface area contributed by atoms with Crippen LogP contribution >= 0.6 is 11.6 Å². The number of aryl methyl sites for hydroxylation is 1. The summed E-state index contributed by atoms with van der Waals surface area (Å²) < 4.78 is 11.1. The molecule has 0 fully saturated rings. The molecule has 0 atom stereocenters. The number of carbonyl (C=O) groups excluding carboxylic acids is 1. The number of halogens is 1. The summed E-state index contributed by atoms with van der Waals surface area (Å²) >= 11 is 5.71. The highest BCUT2D eigenvalue weighted by Crippen LogP contribution is 2.35. The van der Waals surface area contributed by atoms with E-state index >= 15 is 0 Å². The van der Waals surface area contributed by atoms with Crippen LogP contribution in [-0.4, -0.2) is 37.9 Å². The number of amides is 1. The number of hydrogen-bond donors (Lipinski definition) is 2. The number of benzene rings is 1. The third kappa shape index (κ3) is 6.36. The molecule has 1 rings (SSSR count). The zero-order valence-electron chi connectivity index (χ0n) is 13.8. The molecule has 0 spiro atoms. The first-order chi connectivity index (χ1) is 11.0. The van der Waals surface area contributed by atoms with E-state index in [9.17, 15) is 4.79 Å². The predicted octanol–water partition coefficient (Wildman–Crippen LogP) is 2.39. The standard InChI is InChI=1S/C16H24ClN3O3/c1-4-5-12-8-14(22-3)15(23-7-6-19-11(2)21)9-13(12)20-16(18)10-17/h8-9H,4-7,10H2,1-3H3,(H2,18,20)(H,19,21). The Labute approximate surface area is 142 Å². The lowest BCUT2D eigenvalue weighted by Crippen LogP contribution is -2.25. The van der Waals surface area contributed by atoms with E-state index in [1.807, 2.05) is 6.07 Å². The number of nitrogens with two attached hydrogens (primary N) is 1. The van der Waals surface area contributed by atoms with Gasteiger partial charge in [-0.25, -0.2) is 4.99 Å². The molecule has 6 nitrogen and oxygen atoms in total. The number of nitrogens with zero attached hydrogens (tertiary/aromatic N) is 1. The number of methoxy groups -OCH3 is 1. The van der Waals surface area contributed by atoms with Crippen molar-refractivity contribution in [1.29, 1.82) is 0 Å². The van der Waals surface area contributed by atoms with Gasteiger partial charge < -0.3 is 20.5 Å². The second kappa shape index (κ2) is 9.94. The molecule has 1 aromatic carbocycles. The second-order valence-corrected chi connectivity index (χ2v) is 5.22. The summed E-state index contributed by atoms with van der Waals surface area (Å²) in [5.74, 6) is 1.59. The molecular formula is C16H24ClN3O3. The summed E-state index contributed by atoms with van der Waals surface area (Å²) in [5.41, 5.74) is 7.49. The minimum absolute atomic E-state index is 0.0981. The molecule has 7 heteroatoms. The van der Waals surface area contributed by atoms with Crippen LogP contribution in [0, 0.1) is 0 Å². The Morgan fingerprint density at radius 1 is 1.39 bits per heavy atom. The second-order valence-electron chi connectivity index (χ2n) is 4.95. The zero-order valence-corrected chi connectivity index (χ0v) is 14.6. The molecule has 128 valence electrons. The lowest BCUT2D eigenvalue weighted by atomic mass is 10.1. The van der Waals surface area contributed by atoms with Gasteiger partial charge in [0.1, 0.15) is 12.4 Å². The third-order valence-corrected chi connectivity index (χ3v) is 3.29. The first kappa shape index (κ1) is 19.1. The van der Waals surface area contributed by atoms with Gasteiger partial charge in [0.15, 0.2) is 11.5 Å². The Balaban J connectivity index is 3.03. The number of carbonyl (C=O) groups is 1. The summed E-state index contributed by atoms with van der Waals surface area (Å²) in [6.07, 6.45) is 1.81. The van der Waals surface area contributed by atoms with Gasteiger partial charge in [0, 0.05) is 13.0 Å². The lowest BCUT2D eigenvalue weighted by Gasteiger charge is -2.14. The Morgan fingerprint density at radius 2 is 2.13 bits per heavy atom. The monoisotopic (exact) mass is 341 g/mol. The fourth-order valence-corrected chi connectivity index (χ4v) is 2.07. The van der Waals surface area contributed by atoms with Crippen LogP contribution in [0.3, 0.4) is 0 Å². The van der Waals surface area contributed by atoms with Crippen molar-refractivity contribution >= 4 is 29.0 Å². The Hall–Kier alpha value is -1.95. The number of hydrogen-bond acceptors (Lipinski definition) is 4. The summed E-state index contributed by atoms with van der Waals surface area (Å²) in [6, 6.07) is 3.69. The summed E-state index contributed by atoms with van der Waals surface area (Å²) in [5, 5.41) is 2.67. The summed E-state index contributed by atoms with van der Waals surface area (Å²) in [4.78, 5) is 15.2. The van der Waals surface area contributed by atoms with Gasteiger partial charge in [0.05, 0.1) is 25.2 Å². The molecule has 0 saturated carbocycles. The first-order valence-electron chi connectivity index (χ1n) is 7.48. The minimum atomic E-state index is -0.0981. The number of ether oxygens (including phenoxy) is 2. The molecule has 0 bridgehead atoms. The molecule has 3 N–H and O–H groups in total. The highest BCUT2D eigenvalue weighted by molar-refractivity contribution is 6.28. The van der Waals surface area contributed by atoms with Crippen LogP contribution in [0.25, 0.3) is 0 Å². The molecule has 23 heavy (non-hydrogen) atoms. The topological polar surface area (TPSA) is 85.9 Å². The summed E-state index contributed by atoms with van der Waals surface area (Å²) in [6.45, 7) is 4.29. The fraction of sp³-hybridized carbons (Fsp3) is 0.500. The van der Waals surface area contributed by atoms with E-state index in [0.717, 1.165) is 24.1 Å². The van der Waals surface area contributed by atoms with Crippen molar-refractivity contribution in [1.82, 2.24) is 5.32 Å². The molecule has 0 saturated heterocycles. The normalized spacial score (nSPS) is 11.2. The van der Waals surface area contributed by atoms with Gasteiger partial charge >= 0.3 is 0 Å². The molecule has 0 radical (unpaired) electrons. The molecule has 0 aliphatic heterocycles. The van der Waals surface area contributed by atoms with Crippen LogP contribution < -0.4 is 20.5 Å². The maximum absolute atomic E-state index is 10.9. The molecular weight excluding hydrogens is 318 g/mol. The van der Waals surface area contributed by atoms with Crippen molar-refractivity contribution in [3.05, 3.63) is 17.7 Å². The van der Waals surface area contributed by atoms with E-state index in [2.05, 4.69) is 17.2 Å². The van der Waals surface area contributed by atoms with Crippen LogP contribution in [-0.2, 0) is 11.2 Å². The SMILES string of the molecule is CCCc1cc(OC)c(OCCNC(C)=O)cc1N=C(N)CCl. The first-order valence-corrected chi connectivity index (χ1v) is 8.02. The van der Waals surface area contributed by atoms with Crippen LogP contribution in [0.2, 0.25) is 0 Å². The van der Waals surface area contributed by atoms with Gasteiger partial charge in [0.2, 0.25) is 5.91 Å². The van der Waals surface area contributed by atoms with E-state index < -0.39 is 0 Å². The number of amidine groups is 1. The van der Waals surface area contributed by atoms with Gasteiger partial charge in [-0.2, -0.15) is 0 Å². The van der Waals surface area contributed by atoms with E-state index in [0.29, 0.717) is 30.5 Å². The Kier molecular flexibility index (Phi) is 8.26. The Bertz CT molecular complexity index is 562. The predicted molar refractivity (Wildman–Crippen MR) is 93.2 cm³/mol. The largest absolute Gasteiger partial charge is 0.493 e. The molecule has 0 aromatic heterocycles. The van der Waals surface area contributed by atoms with Crippen LogP contribution in [0.5, 0.6) is 11.5 Å². The van der Waals surface area contributed by atoms with Crippen LogP contribution in [0.1, 0.15) is 25.8 Å². The highest BCUT2D eigenvalue weighted by Gasteiger charge is 2.12. The van der Waals surface area contributed by atoms with E-state index in [-0.39, 0.29) is 11.8 Å².